The molecule has 0 aliphatic carbocycles. The zero-order chi connectivity index (χ0) is 50.5. The number of esters is 1. The Morgan fingerprint density at radius 2 is 1.50 bits per heavy atom. The number of carbonyl (C=O) groups is 5. The van der Waals surface area contributed by atoms with Gasteiger partial charge < -0.3 is 49.8 Å². The molecule has 1 aliphatic heterocycles. The van der Waals surface area contributed by atoms with Crippen LogP contribution in [0.1, 0.15) is 73.5 Å². The van der Waals surface area contributed by atoms with Crippen LogP contribution in [0.3, 0.4) is 0 Å². The molecule has 368 valence electrons. The Kier molecular flexibility index (Phi) is 18.2. The van der Waals surface area contributed by atoms with E-state index in [2.05, 4.69) is 15.6 Å². The molecule has 18 heteroatoms. The molecule has 1 aliphatic rings. The summed E-state index contributed by atoms with van der Waals surface area (Å²) in [5, 5.41) is 47.7. The van der Waals surface area contributed by atoms with Gasteiger partial charge in [-0.05, 0) is 84.8 Å². The highest BCUT2D eigenvalue weighted by molar-refractivity contribution is 6.31. The van der Waals surface area contributed by atoms with Gasteiger partial charge in [0.2, 0.25) is 6.79 Å². The fraction of sp³-hybridized carbons (Fsp3) is 0.308. The lowest BCUT2D eigenvalue weighted by Crippen LogP contribution is -2.36. The Hall–Kier alpha value is -7.18. The lowest BCUT2D eigenvalue weighted by atomic mass is 9.75. The van der Waals surface area contributed by atoms with E-state index in [1.54, 1.807) is 42.5 Å². The number of benzene rings is 4. The number of hydrogen-bond donors (Lipinski definition) is 6. The number of nitrogens with one attached hydrogen (secondary N) is 2. The van der Waals surface area contributed by atoms with Crippen LogP contribution in [-0.2, 0) is 35.1 Å². The first-order chi connectivity index (χ1) is 33.5. The number of carboxylic acids is 2. The van der Waals surface area contributed by atoms with Crippen LogP contribution in [0.25, 0.3) is 22.4 Å². The molecule has 70 heavy (non-hydrogen) atoms. The van der Waals surface area contributed by atoms with Crippen molar-refractivity contribution in [1.29, 1.82) is 0 Å². The predicted octanol–water partition coefficient (Wildman–Crippen LogP) is 8.42. The molecule has 0 saturated heterocycles. The van der Waals surface area contributed by atoms with E-state index in [1.165, 1.54) is 25.1 Å². The number of halogens is 2. The number of aliphatic imine (C=N–C) groups is 1. The SMILES string of the molecule is CC1=NC(COCCNC(=O)OCOC(=O)CC(O)CC(O)CCn2c(-c3ccc(F)cc3)c(-c3ccccc3)c(C(=O)Nc3ccccc3)c2C(C)C)=C(C(=O)O)C(c2ccccc2Cl)C1C(=O)O. The molecule has 4 aromatic carbocycles. The molecular formula is C52H54ClFN4O12. The van der Waals surface area contributed by atoms with Crippen molar-refractivity contribution in [2.45, 2.75) is 70.6 Å². The number of aliphatic carboxylic acids is 2. The topological polar surface area (TPSA) is 235 Å². The highest BCUT2D eigenvalue weighted by Crippen LogP contribution is 2.44. The fourth-order valence-electron chi connectivity index (χ4n) is 8.53. The molecule has 6 rings (SSSR count). The number of para-hydroxylation sites is 1. The van der Waals surface area contributed by atoms with Gasteiger partial charge in [0.15, 0.2) is 0 Å². The third kappa shape index (κ3) is 13.1. The van der Waals surface area contributed by atoms with Gasteiger partial charge in [0.05, 0.1) is 54.4 Å². The Morgan fingerprint density at radius 3 is 2.14 bits per heavy atom. The molecule has 16 nitrogen and oxygen atoms in total. The van der Waals surface area contributed by atoms with Gasteiger partial charge in [0, 0.05) is 46.7 Å². The van der Waals surface area contributed by atoms with E-state index in [-0.39, 0.29) is 73.0 Å². The van der Waals surface area contributed by atoms with E-state index in [4.69, 9.17) is 25.8 Å². The molecule has 2 heterocycles. The molecule has 0 radical (unpaired) electrons. The molecular weight excluding hydrogens is 927 g/mol. The van der Waals surface area contributed by atoms with Crippen molar-refractivity contribution in [2.75, 3.05) is 31.9 Å². The van der Waals surface area contributed by atoms with Crippen LogP contribution in [0, 0.1) is 11.7 Å². The maximum atomic E-state index is 14.3. The second-order valence-electron chi connectivity index (χ2n) is 16.8. The quantitative estimate of drug-likeness (QED) is 0.0218. The zero-order valence-corrected chi connectivity index (χ0v) is 39.4. The Balaban J connectivity index is 1.02. The number of hydrogen-bond acceptors (Lipinski definition) is 11. The van der Waals surface area contributed by atoms with E-state index in [1.807, 2.05) is 66.9 Å². The number of nitrogens with zero attached hydrogens (tertiary/aromatic N) is 2. The Bertz CT molecular complexity index is 2730. The Labute approximate surface area is 408 Å². The molecule has 1 aromatic heterocycles. The van der Waals surface area contributed by atoms with Gasteiger partial charge in [-0.25, -0.2) is 14.0 Å². The molecule has 5 aromatic rings. The van der Waals surface area contributed by atoms with Crippen LogP contribution in [0.4, 0.5) is 14.9 Å². The van der Waals surface area contributed by atoms with Gasteiger partial charge in [-0.15, -0.1) is 0 Å². The smallest absolute Gasteiger partial charge is 0.410 e. The van der Waals surface area contributed by atoms with Gasteiger partial charge in [0.25, 0.3) is 5.91 Å². The van der Waals surface area contributed by atoms with E-state index in [0.29, 0.717) is 39.3 Å². The van der Waals surface area contributed by atoms with E-state index >= 15 is 0 Å². The first-order valence-electron chi connectivity index (χ1n) is 22.5. The lowest BCUT2D eigenvalue weighted by Gasteiger charge is -2.30. The molecule has 0 bridgehead atoms. The van der Waals surface area contributed by atoms with Crippen LogP contribution in [0.2, 0.25) is 5.02 Å². The fourth-order valence-corrected chi connectivity index (χ4v) is 8.78. The number of carboxylic acid groups (broad SMARTS) is 2. The highest BCUT2D eigenvalue weighted by atomic mass is 35.5. The van der Waals surface area contributed by atoms with E-state index < -0.39 is 67.1 Å². The van der Waals surface area contributed by atoms with Crippen LogP contribution in [-0.4, -0.2) is 99.4 Å². The number of rotatable bonds is 22. The summed E-state index contributed by atoms with van der Waals surface area (Å²) in [7, 11) is 0. The van der Waals surface area contributed by atoms with Crippen molar-refractivity contribution in [1.82, 2.24) is 9.88 Å². The second-order valence-corrected chi connectivity index (χ2v) is 17.2. The minimum atomic E-state index is -1.39. The first-order valence-corrected chi connectivity index (χ1v) is 22.9. The van der Waals surface area contributed by atoms with Crippen molar-refractivity contribution in [2.24, 2.45) is 10.9 Å². The molecule has 2 amide bonds. The predicted molar refractivity (Wildman–Crippen MR) is 259 cm³/mol. The highest BCUT2D eigenvalue weighted by Gasteiger charge is 2.42. The molecule has 4 atom stereocenters. The number of aliphatic hydroxyl groups excluding tert-OH is 2. The van der Waals surface area contributed by atoms with Crippen molar-refractivity contribution in [3.05, 3.63) is 148 Å². The van der Waals surface area contributed by atoms with Crippen LogP contribution in [0.15, 0.2) is 125 Å². The minimum absolute atomic E-state index is 0.00888. The molecule has 4 unspecified atom stereocenters. The number of aromatic nitrogens is 1. The summed E-state index contributed by atoms with van der Waals surface area (Å²) in [6, 6.07) is 30.7. The van der Waals surface area contributed by atoms with Crippen molar-refractivity contribution >= 4 is 52.9 Å². The van der Waals surface area contributed by atoms with Crippen LogP contribution >= 0.6 is 11.6 Å². The maximum absolute atomic E-state index is 14.3. The zero-order valence-electron chi connectivity index (χ0n) is 38.6. The summed E-state index contributed by atoms with van der Waals surface area (Å²) in [6.07, 6.45) is -4.09. The Morgan fingerprint density at radius 1 is 0.843 bits per heavy atom. The summed E-state index contributed by atoms with van der Waals surface area (Å²) >= 11 is 6.37. The molecule has 6 N–H and O–H groups in total. The lowest BCUT2D eigenvalue weighted by molar-refractivity contribution is -0.154. The summed E-state index contributed by atoms with van der Waals surface area (Å²) in [5.74, 6) is -6.99. The van der Waals surface area contributed by atoms with E-state index in [0.717, 1.165) is 5.56 Å². The van der Waals surface area contributed by atoms with Gasteiger partial charge in [-0.1, -0.05) is 92.2 Å². The molecule has 0 fully saturated rings. The first kappa shape index (κ1) is 52.2. The standard InChI is InChI=1S/C52H54ClFN4O12/c1-30(2)47-46(49(62)57-35-14-8-5-9-15-35)43(32-12-6-4-7-13-32)48(33-18-20-34(54)21-19-33)58(47)24-22-36(59)26-37(60)27-41(61)69-29-70-52(67)55-23-25-68-28-40-45(51(65)66)44(38-16-10-11-17-39(38)53)42(50(63)64)31(3)56-40/h4-21,30,36-37,42,44,59-60H,22-29H2,1-3H3,(H,55,67)(H,57,62)(H,63,64)(H,65,66). The monoisotopic (exact) mass is 980 g/mol. The summed E-state index contributed by atoms with van der Waals surface area (Å²) in [4.78, 5) is 68.2. The number of carbonyl (C=O) groups excluding carboxylic acids is 3. The van der Waals surface area contributed by atoms with Gasteiger partial charge >= 0.3 is 24.0 Å². The number of amides is 2. The number of alkyl carbamates (subject to hydrolysis) is 1. The number of aliphatic hydroxyl groups is 2. The van der Waals surface area contributed by atoms with Crippen molar-refractivity contribution < 1.29 is 63.0 Å². The van der Waals surface area contributed by atoms with Gasteiger partial charge in [-0.3, -0.25) is 19.4 Å². The minimum Gasteiger partial charge on any atom is -0.481 e. The van der Waals surface area contributed by atoms with Crippen molar-refractivity contribution in [3.8, 4) is 22.4 Å². The normalized spacial score (nSPS) is 15.5. The van der Waals surface area contributed by atoms with Crippen LogP contribution in [0.5, 0.6) is 0 Å². The molecule has 0 spiro atoms. The second kappa shape index (κ2) is 24.4. The average Bonchev–Trinajstić information content (AvgIpc) is 3.67. The summed E-state index contributed by atoms with van der Waals surface area (Å²) < 4.78 is 31.7. The number of anilines is 1. The summed E-state index contributed by atoms with van der Waals surface area (Å²) in [5.41, 5.74) is 4.52. The van der Waals surface area contributed by atoms with E-state index in [9.17, 15) is 48.8 Å². The number of ether oxygens (including phenoxy) is 3. The largest absolute Gasteiger partial charge is 0.481 e. The molecule has 0 saturated carbocycles. The van der Waals surface area contributed by atoms with Crippen LogP contribution < -0.4 is 10.6 Å². The third-order valence-corrected chi connectivity index (χ3v) is 11.9. The summed E-state index contributed by atoms with van der Waals surface area (Å²) in [6.45, 7) is 4.19. The third-order valence-electron chi connectivity index (χ3n) is 11.5. The van der Waals surface area contributed by atoms with Gasteiger partial charge in [-0.2, -0.15) is 0 Å². The average molecular weight is 981 g/mol. The maximum Gasteiger partial charge on any atom is 0.410 e. The van der Waals surface area contributed by atoms with Crippen molar-refractivity contribution in [3.63, 3.8) is 0 Å². The van der Waals surface area contributed by atoms with Gasteiger partial charge in [0.1, 0.15) is 11.7 Å².